The van der Waals surface area contributed by atoms with Crippen LogP contribution in [0.5, 0.6) is 0 Å². The van der Waals surface area contributed by atoms with E-state index in [0.29, 0.717) is 0 Å². The Kier molecular flexibility index (Phi) is 3.20. The van der Waals surface area contributed by atoms with Gasteiger partial charge in [0.2, 0.25) is 0 Å². The number of nitrogens with zero attached hydrogens (tertiary/aromatic N) is 2. The largest absolute Gasteiger partial charge is 0.301 e. The highest BCUT2D eigenvalue weighted by Gasteiger charge is 2.45. The van der Waals surface area contributed by atoms with Crippen molar-refractivity contribution in [2.24, 2.45) is 5.41 Å². The number of likely N-dealkylation sites (tertiary alicyclic amines) is 2. The normalized spacial score (nSPS) is 31.2. The van der Waals surface area contributed by atoms with Crippen LogP contribution < -0.4 is 0 Å². The Morgan fingerprint density at radius 1 is 0.882 bits per heavy atom. The third-order valence-corrected chi connectivity index (χ3v) is 5.56. The van der Waals surface area contributed by atoms with Crippen LogP contribution in [0.1, 0.15) is 52.4 Å². The van der Waals surface area contributed by atoms with Gasteiger partial charge in [0.15, 0.2) is 0 Å². The third-order valence-electron chi connectivity index (χ3n) is 5.56. The summed E-state index contributed by atoms with van der Waals surface area (Å²) in [5.74, 6) is 0. The maximum absolute atomic E-state index is 2.81. The Morgan fingerprint density at radius 2 is 1.47 bits per heavy atom. The van der Waals surface area contributed by atoms with E-state index in [4.69, 9.17) is 0 Å². The van der Waals surface area contributed by atoms with Crippen LogP contribution in [0.25, 0.3) is 0 Å². The average Bonchev–Trinajstić information content (AvgIpc) is 3.10. The highest BCUT2D eigenvalue weighted by molar-refractivity contribution is 4.98. The first kappa shape index (κ1) is 12.0. The smallest absolute Gasteiger partial charge is 0.0120 e. The molecule has 0 radical (unpaired) electrons. The van der Waals surface area contributed by atoms with E-state index >= 15 is 0 Å². The van der Waals surface area contributed by atoms with Crippen molar-refractivity contribution in [3.63, 3.8) is 0 Å². The minimum atomic E-state index is 0.743. The Balaban J connectivity index is 1.47. The molecule has 1 spiro atoms. The van der Waals surface area contributed by atoms with Gasteiger partial charge in [-0.25, -0.2) is 0 Å². The molecule has 2 heteroatoms. The summed E-state index contributed by atoms with van der Waals surface area (Å²) in [6, 6.07) is 1.65. The minimum absolute atomic E-state index is 0.743. The highest BCUT2D eigenvalue weighted by Crippen LogP contribution is 2.53. The quantitative estimate of drug-likeness (QED) is 0.727. The van der Waals surface area contributed by atoms with Gasteiger partial charge in [-0.3, -0.25) is 0 Å². The van der Waals surface area contributed by atoms with Crippen LogP contribution in [0.4, 0.5) is 0 Å². The fourth-order valence-corrected chi connectivity index (χ4v) is 3.81. The maximum Gasteiger partial charge on any atom is 0.0120 e. The van der Waals surface area contributed by atoms with Crippen molar-refractivity contribution in [2.45, 2.75) is 64.5 Å². The zero-order chi connectivity index (χ0) is 11.9. The first-order valence-electron chi connectivity index (χ1n) is 7.67. The highest BCUT2D eigenvalue weighted by atomic mass is 15.2. The van der Waals surface area contributed by atoms with Crippen molar-refractivity contribution in [1.29, 1.82) is 0 Å². The summed E-state index contributed by atoms with van der Waals surface area (Å²) in [6.07, 6.45) is 8.88. The van der Waals surface area contributed by atoms with Crippen molar-refractivity contribution < 1.29 is 0 Å². The van der Waals surface area contributed by atoms with Gasteiger partial charge in [-0.1, -0.05) is 0 Å². The average molecular weight is 236 g/mol. The number of rotatable bonds is 2. The fraction of sp³-hybridized carbons (Fsp3) is 1.00. The molecule has 0 unspecified atom stereocenters. The molecule has 98 valence electrons. The zero-order valence-corrected chi connectivity index (χ0v) is 11.6. The van der Waals surface area contributed by atoms with Crippen molar-refractivity contribution in [3.05, 3.63) is 0 Å². The molecule has 0 N–H and O–H groups in total. The number of piperidine rings is 2. The molecule has 3 fully saturated rings. The molecule has 2 saturated heterocycles. The lowest BCUT2D eigenvalue weighted by Crippen LogP contribution is -2.49. The van der Waals surface area contributed by atoms with Gasteiger partial charge < -0.3 is 9.80 Å². The third kappa shape index (κ3) is 2.53. The van der Waals surface area contributed by atoms with E-state index in [-0.39, 0.29) is 0 Å². The molecule has 1 saturated carbocycles. The van der Waals surface area contributed by atoms with Gasteiger partial charge in [-0.15, -0.1) is 0 Å². The van der Waals surface area contributed by atoms with Crippen molar-refractivity contribution in [3.8, 4) is 0 Å². The maximum atomic E-state index is 2.81. The van der Waals surface area contributed by atoms with Gasteiger partial charge in [0.25, 0.3) is 0 Å². The van der Waals surface area contributed by atoms with Gasteiger partial charge in [0.1, 0.15) is 0 Å². The van der Waals surface area contributed by atoms with Crippen LogP contribution in [-0.2, 0) is 0 Å². The van der Waals surface area contributed by atoms with Gasteiger partial charge in [0.05, 0.1) is 0 Å². The lowest BCUT2D eigenvalue weighted by atomic mass is 9.91. The molecule has 17 heavy (non-hydrogen) atoms. The van der Waals surface area contributed by atoms with Gasteiger partial charge in [-0.2, -0.15) is 0 Å². The summed E-state index contributed by atoms with van der Waals surface area (Å²) < 4.78 is 0. The van der Waals surface area contributed by atoms with Gasteiger partial charge in [-0.05, 0) is 84.0 Å². The molecular weight excluding hydrogens is 208 g/mol. The van der Waals surface area contributed by atoms with Crippen molar-refractivity contribution >= 4 is 0 Å². The lowest BCUT2D eigenvalue weighted by Gasteiger charge is -2.43. The fourth-order valence-electron chi connectivity index (χ4n) is 3.81. The molecule has 0 atom stereocenters. The van der Waals surface area contributed by atoms with Crippen molar-refractivity contribution in [1.82, 2.24) is 9.80 Å². The summed E-state index contributed by atoms with van der Waals surface area (Å²) in [6.45, 7) is 10.1. The number of hydrogen-bond donors (Lipinski definition) is 0. The summed E-state index contributed by atoms with van der Waals surface area (Å²) in [4.78, 5) is 5.45. The number of hydrogen-bond acceptors (Lipinski definition) is 2. The molecule has 0 aromatic carbocycles. The molecule has 3 rings (SSSR count). The van der Waals surface area contributed by atoms with Crippen LogP contribution in [0.2, 0.25) is 0 Å². The molecule has 0 aromatic rings. The first-order valence-corrected chi connectivity index (χ1v) is 7.67. The monoisotopic (exact) mass is 236 g/mol. The topological polar surface area (TPSA) is 6.48 Å². The lowest BCUT2D eigenvalue weighted by molar-refractivity contribution is 0.0633. The SMILES string of the molecule is CC(C)N1CCC(N2CCC3(CC2)CC3)CC1. The molecular formula is C15H28N2. The predicted molar refractivity (Wildman–Crippen MR) is 72.2 cm³/mol. The summed E-state index contributed by atoms with van der Waals surface area (Å²) in [7, 11) is 0. The van der Waals surface area contributed by atoms with Crippen LogP contribution in [-0.4, -0.2) is 48.1 Å². The van der Waals surface area contributed by atoms with E-state index in [2.05, 4.69) is 23.6 Å². The Morgan fingerprint density at radius 3 is 1.94 bits per heavy atom. The van der Waals surface area contributed by atoms with E-state index in [1.165, 1.54) is 64.7 Å². The Bertz CT molecular complexity index is 252. The molecule has 1 aliphatic carbocycles. The second-order valence-electron chi connectivity index (χ2n) is 6.90. The molecule has 2 nitrogen and oxygen atoms in total. The molecule has 0 bridgehead atoms. The predicted octanol–water partition coefficient (Wildman–Crippen LogP) is 2.74. The van der Waals surface area contributed by atoms with E-state index in [1.54, 1.807) is 0 Å². The first-order chi connectivity index (χ1) is 8.19. The van der Waals surface area contributed by atoms with Gasteiger partial charge >= 0.3 is 0 Å². The van der Waals surface area contributed by atoms with Crippen LogP contribution in [0, 0.1) is 5.41 Å². The minimum Gasteiger partial charge on any atom is -0.301 e. The molecule has 0 amide bonds. The summed E-state index contributed by atoms with van der Waals surface area (Å²) >= 11 is 0. The van der Waals surface area contributed by atoms with Crippen LogP contribution in [0.15, 0.2) is 0 Å². The molecule has 2 heterocycles. The summed E-state index contributed by atoms with van der Waals surface area (Å²) in [5, 5.41) is 0. The second kappa shape index (κ2) is 4.55. The standard InChI is InChI=1S/C15H28N2/c1-13(2)16-9-3-14(4-10-16)17-11-7-15(5-6-15)8-12-17/h13-14H,3-12H2,1-2H3. The molecule has 2 aliphatic heterocycles. The van der Waals surface area contributed by atoms with E-state index in [1.807, 2.05) is 0 Å². The van der Waals surface area contributed by atoms with E-state index in [0.717, 1.165) is 17.5 Å². The molecule has 0 aromatic heterocycles. The summed E-state index contributed by atoms with van der Waals surface area (Å²) in [5.41, 5.74) is 0.842. The Labute approximate surface area is 106 Å². The Hall–Kier alpha value is -0.0800. The van der Waals surface area contributed by atoms with Crippen molar-refractivity contribution in [2.75, 3.05) is 26.2 Å². The van der Waals surface area contributed by atoms with Crippen LogP contribution in [0.3, 0.4) is 0 Å². The molecule has 3 aliphatic rings. The van der Waals surface area contributed by atoms with E-state index < -0.39 is 0 Å². The van der Waals surface area contributed by atoms with Crippen LogP contribution >= 0.6 is 0 Å². The zero-order valence-electron chi connectivity index (χ0n) is 11.6. The van der Waals surface area contributed by atoms with E-state index in [9.17, 15) is 0 Å². The van der Waals surface area contributed by atoms with Gasteiger partial charge in [0, 0.05) is 12.1 Å². The second-order valence-corrected chi connectivity index (χ2v) is 6.90.